The van der Waals surface area contributed by atoms with Gasteiger partial charge in [-0.2, -0.15) is 0 Å². The SMILES string of the molecule is Cc1c(C(O)CN2CC3CCC2CN3)ccc2cocc12. The van der Waals surface area contributed by atoms with Gasteiger partial charge in [-0.1, -0.05) is 12.1 Å². The molecule has 0 spiro atoms. The maximum Gasteiger partial charge on any atom is 0.0984 e. The minimum absolute atomic E-state index is 0.427. The first kappa shape index (κ1) is 13.3. The Kier molecular flexibility index (Phi) is 3.25. The highest BCUT2D eigenvalue weighted by atomic mass is 16.3. The average molecular weight is 286 g/mol. The molecule has 3 aliphatic rings. The van der Waals surface area contributed by atoms with E-state index in [-0.39, 0.29) is 0 Å². The Morgan fingerprint density at radius 3 is 3.00 bits per heavy atom. The Labute approximate surface area is 124 Å². The van der Waals surface area contributed by atoms with E-state index in [0.29, 0.717) is 12.1 Å². The molecule has 3 atom stereocenters. The number of nitrogens with zero attached hydrogens (tertiary/aromatic N) is 1. The summed E-state index contributed by atoms with van der Waals surface area (Å²) in [6, 6.07) is 5.27. The first-order valence-corrected chi connectivity index (χ1v) is 7.83. The zero-order chi connectivity index (χ0) is 14.4. The summed E-state index contributed by atoms with van der Waals surface area (Å²) in [5.41, 5.74) is 2.16. The largest absolute Gasteiger partial charge is 0.471 e. The van der Waals surface area contributed by atoms with E-state index in [1.165, 1.54) is 12.8 Å². The van der Waals surface area contributed by atoms with Crippen molar-refractivity contribution in [2.45, 2.75) is 38.0 Å². The van der Waals surface area contributed by atoms with Crippen LogP contribution in [0.2, 0.25) is 0 Å². The Balaban J connectivity index is 1.56. The van der Waals surface area contributed by atoms with Gasteiger partial charge in [0.05, 0.1) is 18.6 Å². The molecule has 0 aliphatic carbocycles. The van der Waals surface area contributed by atoms with Crippen LogP contribution in [0.5, 0.6) is 0 Å². The quantitative estimate of drug-likeness (QED) is 0.908. The Morgan fingerprint density at radius 2 is 2.29 bits per heavy atom. The van der Waals surface area contributed by atoms with Crippen LogP contribution in [0.15, 0.2) is 29.1 Å². The Hall–Kier alpha value is -1.36. The molecule has 3 aliphatic heterocycles. The highest BCUT2D eigenvalue weighted by Crippen LogP contribution is 2.29. The van der Waals surface area contributed by atoms with Crippen molar-refractivity contribution in [2.75, 3.05) is 19.6 Å². The summed E-state index contributed by atoms with van der Waals surface area (Å²) in [7, 11) is 0. The lowest BCUT2D eigenvalue weighted by atomic mass is 9.91. The number of piperidine rings is 2. The molecule has 0 saturated carbocycles. The van der Waals surface area contributed by atoms with E-state index in [1.54, 1.807) is 12.5 Å². The molecule has 3 unspecified atom stereocenters. The van der Waals surface area contributed by atoms with Gasteiger partial charge >= 0.3 is 0 Å². The predicted octanol–water partition coefficient (Wildman–Crippen LogP) is 2.21. The Morgan fingerprint density at radius 1 is 1.38 bits per heavy atom. The number of rotatable bonds is 3. The highest BCUT2D eigenvalue weighted by molar-refractivity contribution is 5.85. The van der Waals surface area contributed by atoms with E-state index >= 15 is 0 Å². The minimum atomic E-state index is -0.427. The Bertz CT molecular complexity index is 643. The van der Waals surface area contributed by atoms with E-state index < -0.39 is 6.10 Å². The van der Waals surface area contributed by atoms with E-state index in [9.17, 15) is 5.11 Å². The fourth-order valence-electron chi connectivity index (χ4n) is 3.91. The van der Waals surface area contributed by atoms with Gasteiger partial charge in [-0.15, -0.1) is 0 Å². The number of hydrogen-bond donors (Lipinski definition) is 2. The van der Waals surface area contributed by atoms with Crippen LogP contribution in [-0.2, 0) is 0 Å². The standard InChI is InChI=1S/C17H22N2O2/c1-11-15(5-2-12-9-21-10-16(11)12)17(20)8-19-7-13-3-4-14(19)6-18-13/h2,5,9-10,13-14,17-18,20H,3-4,6-8H2,1H3. The number of benzene rings is 1. The van der Waals surface area contributed by atoms with Crippen molar-refractivity contribution in [3.63, 3.8) is 0 Å². The third-order valence-electron chi connectivity index (χ3n) is 5.20. The number of aliphatic hydroxyl groups is 1. The van der Waals surface area contributed by atoms with Crippen LogP contribution >= 0.6 is 0 Å². The number of hydrogen-bond acceptors (Lipinski definition) is 4. The van der Waals surface area contributed by atoms with Crippen molar-refractivity contribution in [3.05, 3.63) is 35.8 Å². The third-order valence-corrected chi connectivity index (χ3v) is 5.20. The monoisotopic (exact) mass is 286 g/mol. The van der Waals surface area contributed by atoms with E-state index in [4.69, 9.17) is 4.42 Å². The molecule has 0 radical (unpaired) electrons. The molecule has 3 saturated heterocycles. The van der Waals surface area contributed by atoms with Crippen LogP contribution in [0.3, 0.4) is 0 Å². The number of aryl methyl sites for hydroxylation is 1. The number of furan rings is 1. The fourth-order valence-corrected chi connectivity index (χ4v) is 3.91. The lowest BCUT2D eigenvalue weighted by molar-refractivity contribution is 0.0286. The van der Waals surface area contributed by atoms with Gasteiger partial charge in [0.2, 0.25) is 0 Å². The zero-order valence-electron chi connectivity index (χ0n) is 12.4. The summed E-state index contributed by atoms with van der Waals surface area (Å²) in [5, 5.41) is 16.5. The van der Waals surface area contributed by atoms with Crippen LogP contribution in [0, 0.1) is 6.92 Å². The summed E-state index contributed by atoms with van der Waals surface area (Å²) in [5.74, 6) is 0. The van der Waals surface area contributed by atoms with Gasteiger partial charge in [0.25, 0.3) is 0 Å². The predicted molar refractivity (Wildman–Crippen MR) is 82.3 cm³/mol. The number of fused-ring (bicyclic) bond motifs is 4. The van der Waals surface area contributed by atoms with E-state index in [1.807, 2.05) is 12.1 Å². The lowest BCUT2D eigenvalue weighted by Gasteiger charge is -2.46. The second-order valence-corrected chi connectivity index (χ2v) is 6.46. The third kappa shape index (κ3) is 2.27. The van der Waals surface area contributed by atoms with Crippen LogP contribution in [0.25, 0.3) is 10.8 Å². The summed E-state index contributed by atoms with van der Waals surface area (Å²) < 4.78 is 5.27. The summed E-state index contributed by atoms with van der Waals surface area (Å²) in [4.78, 5) is 2.45. The normalized spacial score (nSPS) is 27.3. The van der Waals surface area contributed by atoms with Gasteiger partial charge < -0.3 is 14.8 Å². The van der Waals surface area contributed by atoms with Gasteiger partial charge in [0, 0.05) is 42.5 Å². The first-order valence-electron chi connectivity index (χ1n) is 7.83. The molecule has 1 aromatic heterocycles. The second-order valence-electron chi connectivity index (χ2n) is 6.46. The fraction of sp³-hybridized carbons (Fsp3) is 0.529. The van der Waals surface area contributed by atoms with Crippen molar-refractivity contribution in [2.24, 2.45) is 0 Å². The van der Waals surface area contributed by atoms with E-state index in [0.717, 1.165) is 41.5 Å². The molecule has 2 aromatic rings. The van der Waals surface area contributed by atoms with Crippen LogP contribution < -0.4 is 5.32 Å². The van der Waals surface area contributed by atoms with E-state index in [2.05, 4.69) is 17.1 Å². The van der Waals surface area contributed by atoms with Crippen molar-refractivity contribution in [3.8, 4) is 0 Å². The van der Waals surface area contributed by atoms with Crippen LogP contribution in [-0.4, -0.2) is 41.7 Å². The summed E-state index contributed by atoms with van der Waals surface area (Å²) in [6.45, 7) is 4.93. The molecule has 21 heavy (non-hydrogen) atoms. The molecule has 4 nitrogen and oxygen atoms in total. The van der Waals surface area contributed by atoms with Gasteiger partial charge in [-0.3, -0.25) is 4.90 Å². The molecule has 2 bridgehead atoms. The molecular formula is C17H22N2O2. The molecule has 0 amide bonds. The zero-order valence-corrected chi connectivity index (χ0v) is 12.4. The molecule has 2 N–H and O–H groups in total. The van der Waals surface area contributed by atoms with Crippen molar-refractivity contribution in [1.82, 2.24) is 10.2 Å². The average Bonchev–Trinajstić information content (AvgIpc) is 2.98. The van der Waals surface area contributed by atoms with Crippen LogP contribution in [0.1, 0.15) is 30.1 Å². The van der Waals surface area contributed by atoms with Crippen molar-refractivity contribution in [1.29, 1.82) is 0 Å². The first-order chi connectivity index (χ1) is 10.2. The van der Waals surface area contributed by atoms with Gasteiger partial charge in [0.1, 0.15) is 0 Å². The van der Waals surface area contributed by atoms with Gasteiger partial charge in [-0.05, 0) is 30.9 Å². The molecule has 1 aromatic carbocycles. The molecule has 5 rings (SSSR count). The molecular weight excluding hydrogens is 264 g/mol. The smallest absolute Gasteiger partial charge is 0.0984 e. The summed E-state index contributed by atoms with van der Waals surface area (Å²) >= 11 is 0. The number of aliphatic hydroxyl groups excluding tert-OH is 1. The highest BCUT2D eigenvalue weighted by Gasteiger charge is 2.34. The minimum Gasteiger partial charge on any atom is -0.471 e. The van der Waals surface area contributed by atoms with Gasteiger partial charge in [-0.25, -0.2) is 0 Å². The number of piperazine rings is 1. The lowest BCUT2D eigenvalue weighted by Crippen LogP contribution is -2.61. The molecule has 4 heterocycles. The summed E-state index contributed by atoms with van der Waals surface area (Å²) in [6.07, 6.45) is 5.63. The topological polar surface area (TPSA) is 48.6 Å². The van der Waals surface area contributed by atoms with Gasteiger partial charge in [0.15, 0.2) is 0 Å². The molecule has 4 heteroatoms. The number of nitrogens with one attached hydrogen (secondary N) is 1. The maximum atomic E-state index is 10.7. The second kappa shape index (κ2) is 5.13. The van der Waals surface area contributed by atoms with Crippen LogP contribution in [0.4, 0.5) is 0 Å². The maximum absolute atomic E-state index is 10.7. The van der Waals surface area contributed by atoms with Crippen molar-refractivity contribution < 1.29 is 9.52 Å². The molecule has 3 fully saturated rings. The van der Waals surface area contributed by atoms with Crippen molar-refractivity contribution >= 4 is 10.8 Å². The molecule has 112 valence electrons.